The number of hydrogen-bond donors (Lipinski definition) is 2. The summed E-state index contributed by atoms with van der Waals surface area (Å²) < 4.78 is 0. The Labute approximate surface area is 120 Å². The summed E-state index contributed by atoms with van der Waals surface area (Å²) in [6.07, 6.45) is 4.63. The zero-order valence-electron chi connectivity index (χ0n) is 12.6. The van der Waals surface area contributed by atoms with E-state index in [-0.39, 0.29) is 11.8 Å². The number of nitrogens with zero attached hydrogens (tertiary/aromatic N) is 1. The molecule has 1 saturated heterocycles. The summed E-state index contributed by atoms with van der Waals surface area (Å²) in [5.41, 5.74) is 3.00. The van der Waals surface area contributed by atoms with Gasteiger partial charge in [-0.2, -0.15) is 0 Å². The summed E-state index contributed by atoms with van der Waals surface area (Å²) in [6.45, 7) is 6.25. The van der Waals surface area contributed by atoms with Crippen LogP contribution in [0.1, 0.15) is 52.9 Å². The van der Waals surface area contributed by atoms with Gasteiger partial charge in [0.1, 0.15) is 0 Å². The number of carboxylic acid groups (broad SMARTS) is 1. The van der Waals surface area contributed by atoms with Crippen LogP contribution >= 0.6 is 0 Å². The number of rotatable bonds is 3. The van der Waals surface area contributed by atoms with Gasteiger partial charge in [-0.1, -0.05) is 13.3 Å². The number of carbonyl (C=O) groups is 2. The molecule has 1 amide bonds. The topological polar surface area (TPSA) is 69.6 Å². The lowest BCUT2D eigenvalue weighted by atomic mass is 9.95. The van der Waals surface area contributed by atoms with Crippen molar-refractivity contribution in [3.63, 3.8) is 0 Å². The fourth-order valence-electron chi connectivity index (χ4n) is 3.71. The second kappa shape index (κ2) is 6.12. The molecule has 2 rings (SSSR count). The molecule has 5 nitrogen and oxygen atoms in total. The first-order valence-electron chi connectivity index (χ1n) is 7.71. The van der Waals surface area contributed by atoms with Gasteiger partial charge < -0.3 is 5.11 Å². The normalized spacial score (nSPS) is 38.6. The van der Waals surface area contributed by atoms with Crippen molar-refractivity contribution in [2.45, 2.75) is 65.0 Å². The summed E-state index contributed by atoms with van der Waals surface area (Å²) >= 11 is 0. The second-order valence-corrected chi connectivity index (χ2v) is 6.64. The van der Waals surface area contributed by atoms with Gasteiger partial charge in [0.05, 0.1) is 11.8 Å². The number of carbonyl (C=O) groups excluding carboxylic acids is 1. The van der Waals surface area contributed by atoms with E-state index in [0.29, 0.717) is 30.8 Å². The lowest BCUT2D eigenvalue weighted by Crippen LogP contribution is -2.55. The standard InChI is InChI=1S/C15H26N2O3/c1-9-7-12(13(8-9)15(19)20)14(18)16-17-10(2)5-4-6-11(17)3/h9-13H,4-8H2,1-3H3,(H,16,18)(H,19,20)/t9?,10?,11?,12-,13+/m0/s1. The van der Waals surface area contributed by atoms with E-state index < -0.39 is 11.9 Å². The highest BCUT2D eigenvalue weighted by Gasteiger charge is 2.42. The van der Waals surface area contributed by atoms with E-state index in [1.807, 2.05) is 11.9 Å². The molecule has 2 fully saturated rings. The zero-order chi connectivity index (χ0) is 14.9. The monoisotopic (exact) mass is 282 g/mol. The number of amides is 1. The maximum atomic E-state index is 12.4. The largest absolute Gasteiger partial charge is 0.481 e. The van der Waals surface area contributed by atoms with Crippen molar-refractivity contribution in [2.75, 3.05) is 0 Å². The van der Waals surface area contributed by atoms with E-state index in [1.54, 1.807) is 0 Å². The van der Waals surface area contributed by atoms with Crippen LogP contribution < -0.4 is 5.43 Å². The molecule has 0 aromatic heterocycles. The first kappa shape index (κ1) is 15.3. The van der Waals surface area contributed by atoms with Crippen molar-refractivity contribution in [2.24, 2.45) is 17.8 Å². The Morgan fingerprint density at radius 3 is 2.15 bits per heavy atom. The molecule has 2 N–H and O–H groups in total. The van der Waals surface area contributed by atoms with Crippen molar-refractivity contribution >= 4 is 11.9 Å². The third-order valence-electron chi connectivity index (χ3n) is 4.89. The molecule has 1 aliphatic carbocycles. The molecule has 1 aliphatic heterocycles. The number of nitrogens with one attached hydrogen (secondary N) is 1. The lowest BCUT2D eigenvalue weighted by molar-refractivity contribution is -0.148. The molecule has 0 bridgehead atoms. The maximum absolute atomic E-state index is 12.4. The summed E-state index contributed by atoms with van der Waals surface area (Å²) in [4.78, 5) is 23.7. The molecular formula is C15H26N2O3. The van der Waals surface area contributed by atoms with Crippen LogP contribution in [-0.2, 0) is 9.59 Å². The minimum Gasteiger partial charge on any atom is -0.481 e. The van der Waals surface area contributed by atoms with Crippen LogP contribution in [0.2, 0.25) is 0 Å². The Morgan fingerprint density at radius 2 is 1.60 bits per heavy atom. The average molecular weight is 282 g/mol. The summed E-state index contributed by atoms with van der Waals surface area (Å²) in [7, 11) is 0. The minimum atomic E-state index is -0.839. The average Bonchev–Trinajstić information content (AvgIpc) is 2.76. The smallest absolute Gasteiger partial charge is 0.307 e. The van der Waals surface area contributed by atoms with Gasteiger partial charge in [0.2, 0.25) is 5.91 Å². The Bertz CT molecular complexity index is 375. The maximum Gasteiger partial charge on any atom is 0.307 e. The van der Waals surface area contributed by atoms with Gasteiger partial charge in [0.15, 0.2) is 0 Å². The molecule has 20 heavy (non-hydrogen) atoms. The van der Waals surface area contributed by atoms with Crippen LogP contribution in [0, 0.1) is 17.8 Å². The summed E-state index contributed by atoms with van der Waals surface area (Å²) in [5, 5.41) is 11.3. The quantitative estimate of drug-likeness (QED) is 0.831. The lowest BCUT2D eigenvalue weighted by Gasteiger charge is -2.39. The molecular weight excluding hydrogens is 256 g/mol. The van der Waals surface area contributed by atoms with E-state index in [1.165, 1.54) is 6.42 Å². The predicted molar refractivity (Wildman–Crippen MR) is 75.8 cm³/mol. The number of aliphatic carboxylic acids is 1. The van der Waals surface area contributed by atoms with Crippen LogP contribution in [0.3, 0.4) is 0 Å². The molecule has 0 aromatic carbocycles. The second-order valence-electron chi connectivity index (χ2n) is 6.64. The number of hydrogen-bond acceptors (Lipinski definition) is 3. The highest BCUT2D eigenvalue weighted by atomic mass is 16.4. The Balaban J connectivity index is 2.01. The first-order valence-corrected chi connectivity index (χ1v) is 7.71. The Morgan fingerprint density at radius 1 is 1.05 bits per heavy atom. The number of carboxylic acids is 1. The van der Waals surface area contributed by atoms with Gasteiger partial charge >= 0.3 is 5.97 Å². The molecule has 5 atom stereocenters. The van der Waals surface area contributed by atoms with Crippen molar-refractivity contribution in [3.8, 4) is 0 Å². The van der Waals surface area contributed by atoms with Crippen LogP contribution in [0.25, 0.3) is 0 Å². The van der Waals surface area contributed by atoms with E-state index in [4.69, 9.17) is 0 Å². The van der Waals surface area contributed by atoms with Crippen LogP contribution in [0.5, 0.6) is 0 Å². The third-order valence-corrected chi connectivity index (χ3v) is 4.89. The van der Waals surface area contributed by atoms with Gasteiger partial charge in [-0.25, -0.2) is 5.01 Å². The summed E-state index contributed by atoms with van der Waals surface area (Å²) in [6, 6.07) is 0.648. The van der Waals surface area contributed by atoms with E-state index >= 15 is 0 Å². The first-order chi connectivity index (χ1) is 9.40. The Kier molecular flexibility index (Phi) is 4.68. The molecule has 2 aliphatic rings. The molecule has 0 radical (unpaired) electrons. The highest BCUT2D eigenvalue weighted by molar-refractivity contribution is 5.85. The molecule has 1 saturated carbocycles. The van der Waals surface area contributed by atoms with Crippen molar-refractivity contribution in [1.29, 1.82) is 0 Å². The molecule has 5 heteroatoms. The Hall–Kier alpha value is -1.10. The predicted octanol–water partition coefficient (Wildman–Crippen LogP) is 2.03. The number of piperidine rings is 1. The van der Waals surface area contributed by atoms with Crippen LogP contribution in [-0.4, -0.2) is 34.1 Å². The van der Waals surface area contributed by atoms with E-state index in [0.717, 1.165) is 12.8 Å². The van der Waals surface area contributed by atoms with Crippen LogP contribution in [0.15, 0.2) is 0 Å². The van der Waals surface area contributed by atoms with E-state index in [2.05, 4.69) is 19.3 Å². The molecule has 0 spiro atoms. The van der Waals surface area contributed by atoms with Gasteiger partial charge in [-0.15, -0.1) is 0 Å². The molecule has 3 unspecified atom stereocenters. The van der Waals surface area contributed by atoms with Gasteiger partial charge in [0, 0.05) is 12.1 Å². The fraction of sp³-hybridized carbons (Fsp3) is 0.867. The molecule has 114 valence electrons. The third kappa shape index (κ3) is 3.14. The van der Waals surface area contributed by atoms with Crippen molar-refractivity contribution in [1.82, 2.24) is 10.4 Å². The van der Waals surface area contributed by atoms with Gasteiger partial charge in [-0.05, 0) is 45.4 Å². The zero-order valence-corrected chi connectivity index (χ0v) is 12.6. The number of hydrazine groups is 1. The van der Waals surface area contributed by atoms with Crippen molar-refractivity contribution < 1.29 is 14.7 Å². The van der Waals surface area contributed by atoms with Crippen LogP contribution in [0.4, 0.5) is 0 Å². The minimum absolute atomic E-state index is 0.109. The van der Waals surface area contributed by atoms with E-state index in [9.17, 15) is 14.7 Å². The van der Waals surface area contributed by atoms with Crippen molar-refractivity contribution in [3.05, 3.63) is 0 Å². The summed E-state index contributed by atoms with van der Waals surface area (Å²) in [5.74, 6) is -1.55. The van der Waals surface area contributed by atoms with Gasteiger partial charge in [-0.3, -0.25) is 15.0 Å². The molecule has 1 heterocycles. The van der Waals surface area contributed by atoms with Gasteiger partial charge in [0.25, 0.3) is 0 Å². The SMILES string of the molecule is CC1C[C@H](C(=O)NN2C(C)CCCC2C)[C@H](C(=O)O)C1. The molecule has 0 aromatic rings. The fourth-order valence-corrected chi connectivity index (χ4v) is 3.71. The highest BCUT2D eigenvalue weighted by Crippen LogP contribution is 2.36.